The van der Waals surface area contributed by atoms with E-state index in [1.807, 2.05) is 19.1 Å². The van der Waals surface area contributed by atoms with Crippen LogP contribution in [0, 0.1) is 13.7 Å². The van der Waals surface area contributed by atoms with Gasteiger partial charge in [-0.3, -0.25) is 19.7 Å². The molecule has 0 atom stereocenters. The van der Waals surface area contributed by atoms with E-state index >= 15 is 0 Å². The van der Waals surface area contributed by atoms with Gasteiger partial charge in [-0.15, -0.1) is 0 Å². The van der Waals surface area contributed by atoms with Crippen molar-refractivity contribution in [3.8, 4) is 11.5 Å². The summed E-state index contributed by atoms with van der Waals surface area (Å²) >= 11 is 2.21. The van der Waals surface area contributed by atoms with E-state index in [4.69, 9.17) is 9.47 Å². The fourth-order valence-electron chi connectivity index (χ4n) is 6.12. The number of hydrogen-bond donors (Lipinski definition) is 0. The van der Waals surface area contributed by atoms with Crippen molar-refractivity contribution in [3.63, 3.8) is 0 Å². The van der Waals surface area contributed by atoms with Crippen LogP contribution in [-0.4, -0.2) is 34.5 Å². The Hall–Kier alpha value is -3.21. The van der Waals surface area contributed by atoms with Gasteiger partial charge >= 0.3 is 0 Å². The van der Waals surface area contributed by atoms with Gasteiger partial charge < -0.3 is 14.4 Å². The van der Waals surface area contributed by atoms with Gasteiger partial charge in [0.1, 0.15) is 6.61 Å². The van der Waals surface area contributed by atoms with E-state index in [0.717, 1.165) is 70.3 Å². The number of nitro benzene ring substituents is 1. The van der Waals surface area contributed by atoms with E-state index in [-0.39, 0.29) is 23.9 Å². The highest BCUT2D eigenvalue weighted by Crippen LogP contribution is 2.50. The molecule has 0 spiro atoms. The molecular weight excluding hydrogens is 623 g/mol. The number of Topliss-reactive ketones (excluding diaryl/α,β-unsaturated/α-hetero) is 2. The Labute approximate surface area is 247 Å². The maximum absolute atomic E-state index is 13.5. The third-order valence-corrected chi connectivity index (χ3v) is 8.50. The molecule has 0 fully saturated rings. The number of carbonyl (C=O) groups excluding carboxylic acids is 2. The summed E-state index contributed by atoms with van der Waals surface area (Å²) in [5.74, 6) is 0.890. The van der Waals surface area contributed by atoms with Crippen LogP contribution in [0.15, 0.2) is 58.9 Å². The summed E-state index contributed by atoms with van der Waals surface area (Å²) < 4.78 is 13.0. The number of ether oxygens (including phenoxy) is 2. The fraction of sp³-hybridized carbons (Fsp3) is 0.419. The molecule has 2 aromatic carbocycles. The molecule has 5 rings (SSSR count). The van der Waals surface area contributed by atoms with Gasteiger partial charge in [-0.05, 0) is 84.9 Å². The molecule has 2 aliphatic carbocycles. The second kappa shape index (κ2) is 12.1. The molecule has 0 unspecified atom stereocenters. The van der Waals surface area contributed by atoms with E-state index in [1.165, 1.54) is 12.1 Å². The Kier molecular flexibility index (Phi) is 8.58. The molecule has 210 valence electrons. The van der Waals surface area contributed by atoms with Crippen molar-refractivity contribution >= 4 is 39.8 Å². The van der Waals surface area contributed by atoms with Crippen LogP contribution >= 0.6 is 22.6 Å². The molecule has 2 aromatic rings. The number of carbonyl (C=O) groups is 2. The second-order valence-electron chi connectivity index (χ2n) is 10.3. The minimum absolute atomic E-state index is 0.00745. The second-order valence-corrected chi connectivity index (χ2v) is 11.5. The highest BCUT2D eigenvalue weighted by Gasteiger charge is 2.43. The van der Waals surface area contributed by atoms with Crippen LogP contribution in [0.25, 0.3) is 0 Å². The molecular formula is C31H33IN2O6. The summed E-state index contributed by atoms with van der Waals surface area (Å²) in [6.07, 6.45) is 5.24. The lowest BCUT2D eigenvalue weighted by atomic mass is 9.71. The number of nitrogens with zero attached hydrogens (tertiary/aromatic N) is 2. The summed E-state index contributed by atoms with van der Waals surface area (Å²) in [5.41, 5.74) is 5.22. The summed E-state index contributed by atoms with van der Waals surface area (Å²) in [6, 6.07) is 10.3. The molecule has 0 aromatic heterocycles. The van der Waals surface area contributed by atoms with Gasteiger partial charge in [0.05, 0.1) is 15.1 Å². The third kappa shape index (κ3) is 5.40. The first kappa shape index (κ1) is 28.3. The summed E-state index contributed by atoms with van der Waals surface area (Å²) in [5, 5.41) is 11.2. The average molecular weight is 657 g/mol. The first-order valence-corrected chi connectivity index (χ1v) is 15.0. The molecule has 0 amide bonds. The van der Waals surface area contributed by atoms with Crippen LogP contribution in [0.2, 0.25) is 0 Å². The minimum atomic E-state index is -0.426. The normalized spacial score (nSPS) is 17.6. The van der Waals surface area contributed by atoms with Gasteiger partial charge in [0.2, 0.25) is 0 Å². The molecule has 0 bridgehead atoms. The molecule has 0 N–H and O–H groups in total. The monoisotopic (exact) mass is 656 g/mol. The highest BCUT2D eigenvalue weighted by atomic mass is 127. The molecule has 9 heteroatoms. The number of nitro groups is 1. The predicted octanol–water partition coefficient (Wildman–Crippen LogP) is 7.00. The van der Waals surface area contributed by atoms with Gasteiger partial charge in [-0.25, -0.2) is 0 Å². The zero-order valence-electron chi connectivity index (χ0n) is 22.8. The zero-order chi connectivity index (χ0) is 28.4. The molecule has 8 nitrogen and oxygen atoms in total. The van der Waals surface area contributed by atoms with E-state index in [9.17, 15) is 19.7 Å². The Morgan fingerprint density at radius 1 is 0.975 bits per heavy atom. The fourth-order valence-corrected chi connectivity index (χ4v) is 6.90. The topological polar surface area (TPSA) is 99.0 Å². The third-order valence-electron chi connectivity index (χ3n) is 7.70. The lowest BCUT2D eigenvalue weighted by molar-refractivity contribution is -0.384. The molecule has 1 aliphatic heterocycles. The number of halogens is 1. The Morgan fingerprint density at radius 3 is 2.25 bits per heavy atom. The molecule has 1 heterocycles. The van der Waals surface area contributed by atoms with Crippen LogP contribution < -0.4 is 9.47 Å². The van der Waals surface area contributed by atoms with Crippen molar-refractivity contribution < 1.29 is 24.0 Å². The summed E-state index contributed by atoms with van der Waals surface area (Å²) in [4.78, 5) is 40.1. The van der Waals surface area contributed by atoms with Gasteiger partial charge in [-0.1, -0.05) is 19.1 Å². The van der Waals surface area contributed by atoms with E-state index in [1.54, 1.807) is 12.1 Å². The first-order valence-electron chi connectivity index (χ1n) is 14.0. The minimum Gasteiger partial charge on any atom is -0.490 e. The van der Waals surface area contributed by atoms with Crippen molar-refractivity contribution in [1.82, 2.24) is 4.90 Å². The van der Waals surface area contributed by atoms with Crippen LogP contribution in [-0.2, 0) is 16.2 Å². The van der Waals surface area contributed by atoms with Crippen LogP contribution in [0.1, 0.15) is 75.8 Å². The highest BCUT2D eigenvalue weighted by molar-refractivity contribution is 14.1. The Morgan fingerprint density at radius 2 is 1.65 bits per heavy atom. The predicted molar refractivity (Wildman–Crippen MR) is 159 cm³/mol. The number of non-ortho nitro benzene ring substituents is 1. The van der Waals surface area contributed by atoms with Crippen LogP contribution in [0.3, 0.4) is 0 Å². The quantitative estimate of drug-likeness (QED) is 0.163. The molecule has 3 aliphatic rings. The number of rotatable bonds is 9. The van der Waals surface area contributed by atoms with E-state index in [2.05, 4.69) is 34.4 Å². The van der Waals surface area contributed by atoms with E-state index < -0.39 is 10.8 Å². The van der Waals surface area contributed by atoms with Crippen molar-refractivity contribution in [1.29, 1.82) is 0 Å². The lowest BCUT2D eigenvalue weighted by Gasteiger charge is -2.44. The number of hydrogen-bond acceptors (Lipinski definition) is 7. The standard InChI is InChI=1S/C31H33IN2O6/c1-3-14-33-23-10-6-12-25(35)29(23)28(30-24(33)11-7-13-26(30)36)20-16-22(32)31(27(17-20)39-4-2)40-18-19-8-5-9-21(15-19)34(37)38/h5,8-9,15-17,28H,3-4,6-7,10-14,18H2,1-2H3. The van der Waals surface area contributed by atoms with Crippen molar-refractivity contribution in [2.45, 2.75) is 71.3 Å². The number of benzene rings is 2. The van der Waals surface area contributed by atoms with Crippen LogP contribution in [0.5, 0.6) is 11.5 Å². The van der Waals surface area contributed by atoms with Crippen molar-refractivity contribution in [2.75, 3.05) is 13.2 Å². The molecule has 0 saturated heterocycles. The largest absolute Gasteiger partial charge is 0.490 e. The van der Waals surface area contributed by atoms with Gasteiger partial charge in [-0.2, -0.15) is 0 Å². The molecule has 0 saturated carbocycles. The molecule has 0 radical (unpaired) electrons. The van der Waals surface area contributed by atoms with Gasteiger partial charge in [0.15, 0.2) is 23.1 Å². The SMILES string of the molecule is CCCN1C2=C(C(=O)CCC2)C(c2cc(I)c(OCc3cccc([N+](=O)[O-])c3)c(OCC)c2)C2=C1CCCC2=O. The summed E-state index contributed by atoms with van der Waals surface area (Å²) in [7, 11) is 0. The molecule has 40 heavy (non-hydrogen) atoms. The lowest BCUT2D eigenvalue weighted by Crippen LogP contribution is -2.39. The van der Waals surface area contributed by atoms with Gasteiger partial charge in [0, 0.05) is 60.0 Å². The smallest absolute Gasteiger partial charge is 0.269 e. The maximum atomic E-state index is 13.5. The number of ketones is 2. The van der Waals surface area contributed by atoms with Crippen LogP contribution in [0.4, 0.5) is 5.69 Å². The van der Waals surface area contributed by atoms with Crippen molar-refractivity contribution in [3.05, 3.63) is 83.7 Å². The van der Waals surface area contributed by atoms with E-state index in [0.29, 0.717) is 36.5 Å². The van der Waals surface area contributed by atoms with Crippen molar-refractivity contribution in [2.24, 2.45) is 0 Å². The zero-order valence-corrected chi connectivity index (χ0v) is 25.0. The Balaban J connectivity index is 1.58. The maximum Gasteiger partial charge on any atom is 0.269 e. The first-order chi connectivity index (χ1) is 19.3. The summed E-state index contributed by atoms with van der Waals surface area (Å²) in [6.45, 7) is 5.36. The average Bonchev–Trinajstić information content (AvgIpc) is 2.93. The Bertz CT molecular complexity index is 1380. The van der Waals surface area contributed by atoms with Gasteiger partial charge in [0.25, 0.3) is 5.69 Å². The number of allylic oxidation sites excluding steroid dienone is 4.